The molecule has 0 saturated carbocycles. The molecule has 2 N–H and O–H groups in total. The number of nitrogens with one attached hydrogen (secondary N) is 1. The summed E-state index contributed by atoms with van der Waals surface area (Å²) in [5, 5.41) is 12.4. The molecule has 0 aromatic heterocycles. The Hall–Kier alpha value is -2.34. The molecule has 0 bridgehead atoms. The number of nitrogens with zero attached hydrogens (tertiary/aromatic N) is 1. The number of hydrogen-bond donors (Lipinski definition) is 2. The second-order valence-corrected chi connectivity index (χ2v) is 6.72. The molecule has 6 heteroatoms. The Kier molecular flexibility index (Phi) is 7.85. The molecule has 0 aliphatic carbocycles. The standard InChI is InChI=1S/C21H26N2O3.H2S/c1-16(21(24)25)15-17-7-9-18(10-8-17)22-11-4-12-23-13-14-26-20-6-3-2-5-19(20)23;/h2-3,5-10,16,22H,4,11-15H2,1H3,(H,24,25);1H2/t16-;/m0./s1. The van der Waals surface area contributed by atoms with Crippen molar-refractivity contribution in [3.05, 3.63) is 54.1 Å². The van der Waals surface area contributed by atoms with Crippen LogP contribution in [-0.4, -0.2) is 37.3 Å². The zero-order valence-corrected chi connectivity index (χ0v) is 16.6. The predicted molar refractivity (Wildman–Crippen MR) is 115 cm³/mol. The lowest BCUT2D eigenvalue weighted by atomic mass is 10.0. The number of carboxylic acid groups (broad SMARTS) is 1. The van der Waals surface area contributed by atoms with Crippen LogP contribution in [0.1, 0.15) is 18.9 Å². The molecule has 2 aromatic rings. The monoisotopic (exact) mass is 388 g/mol. The molecule has 2 aromatic carbocycles. The van der Waals surface area contributed by atoms with E-state index in [0.717, 1.165) is 49.7 Å². The third-order valence-electron chi connectivity index (χ3n) is 4.68. The van der Waals surface area contributed by atoms with Gasteiger partial charge >= 0.3 is 5.97 Å². The van der Waals surface area contributed by atoms with E-state index in [1.54, 1.807) is 6.92 Å². The molecule has 0 amide bonds. The van der Waals surface area contributed by atoms with E-state index in [1.165, 1.54) is 5.69 Å². The number of para-hydroxylation sites is 2. The lowest BCUT2D eigenvalue weighted by Gasteiger charge is -2.31. The molecule has 0 saturated heterocycles. The normalized spacial score (nSPS) is 13.7. The van der Waals surface area contributed by atoms with Crippen LogP contribution in [0.4, 0.5) is 11.4 Å². The number of ether oxygens (including phenoxy) is 1. The molecule has 0 radical (unpaired) electrons. The predicted octanol–water partition coefficient (Wildman–Crippen LogP) is 3.76. The molecular formula is C21H28N2O3S. The fourth-order valence-electron chi connectivity index (χ4n) is 3.16. The van der Waals surface area contributed by atoms with Crippen LogP contribution in [-0.2, 0) is 11.2 Å². The highest BCUT2D eigenvalue weighted by atomic mass is 32.1. The minimum atomic E-state index is -0.753. The summed E-state index contributed by atoms with van der Waals surface area (Å²) in [7, 11) is 0. The molecule has 3 rings (SSSR count). The Balaban J connectivity index is 0.00000261. The molecule has 1 aliphatic heterocycles. The quantitative estimate of drug-likeness (QED) is 0.674. The summed E-state index contributed by atoms with van der Waals surface area (Å²) in [6.45, 7) is 5.28. The molecular weight excluding hydrogens is 360 g/mol. The van der Waals surface area contributed by atoms with Gasteiger partial charge in [-0.1, -0.05) is 31.2 Å². The summed E-state index contributed by atoms with van der Waals surface area (Å²) in [4.78, 5) is 13.3. The number of benzene rings is 2. The Morgan fingerprint density at radius 3 is 2.70 bits per heavy atom. The van der Waals surface area contributed by atoms with Gasteiger partial charge in [0, 0.05) is 18.8 Å². The summed E-state index contributed by atoms with van der Waals surface area (Å²) < 4.78 is 5.69. The molecule has 5 nitrogen and oxygen atoms in total. The van der Waals surface area contributed by atoms with E-state index in [0.29, 0.717) is 6.42 Å². The van der Waals surface area contributed by atoms with Crippen molar-refractivity contribution in [2.75, 3.05) is 36.5 Å². The number of carbonyl (C=O) groups is 1. The van der Waals surface area contributed by atoms with E-state index < -0.39 is 5.97 Å². The fraction of sp³-hybridized carbons (Fsp3) is 0.381. The molecule has 1 aliphatic rings. The maximum Gasteiger partial charge on any atom is 0.306 e. The van der Waals surface area contributed by atoms with E-state index >= 15 is 0 Å². The highest BCUT2D eigenvalue weighted by Crippen LogP contribution is 2.30. The Morgan fingerprint density at radius 1 is 1.22 bits per heavy atom. The molecule has 0 unspecified atom stereocenters. The van der Waals surface area contributed by atoms with Crippen molar-refractivity contribution in [1.82, 2.24) is 0 Å². The van der Waals surface area contributed by atoms with Crippen LogP contribution in [0.15, 0.2) is 48.5 Å². The smallest absolute Gasteiger partial charge is 0.306 e. The van der Waals surface area contributed by atoms with Crippen molar-refractivity contribution in [1.29, 1.82) is 0 Å². The van der Waals surface area contributed by atoms with Crippen molar-refractivity contribution < 1.29 is 14.6 Å². The number of rotatable bonds is 8. The number of anilines is 2. The highest BCUT2D eigenvalue weighted by Gasteiger charge is 2.16. The van der Waals surface area contributed by atoms with Crippen LogP contribution < -0.4 is 15.0 Å². The second-order valence-electron chi connectivity index (χ2n) is 6.72. The SMILES string of the molecule is C[C@@H](Cc1ccc(NCCCN2CCOc3ccccc32)cc1)C(=O)O.S. The number of aliphatic carboxylic acids is 1. The molecule has 0 spiro atoms. The molecule has 0 fully saturated rings. The van der Waals surface area contributed by atoms with Gasteiger partial charge in [0.25, 0.3) is 0 Å². The maximum absolute atomic E-state index is 10.9. The summed E-state index contributed by atoms with van der Waals surface area (Å²) in [5.74, 6) is -0.139. The first-order valence-electron chi connectivity index (χ1n) is 9.16. The first-order valence-corrected chi connectivity index (χ1v) is 9.16. The second kappa shape index (κ2) is 10.1. The summed E-state index contributed by atoms with van der Waals surface area (Å²) in [6, 6.07) is 16.2. The van der Waals surface area contributed by atoms with Crippen molar-refractivity contribution in [3.8, 4) is 5.75 Å². The van der Waals surface area contributed by atoms with E-state index in [9.17, 15) is 4.79 Å². The van der Waals surface area contributed by atoms with Crippen molar-refractivity contribution >= 4 is 30.8 Å². The average Bonchev–Trinajstić information content (AvgIpc) is 2.66. The van der Waals surface area contributed by atoms with Crippen molar-refractivity contribution in [2.24, 2.45) is 5.92 Å². The van der Waals surface area contributed by atoms with Crippen LogP contribution in [0, 0.1) is 5.92 Å². The van der Waals surface area contributed by atoms with Crippen LogP contribution in [0.5, 0.6) is 5.75 Å². The maximum atomic E-state index is 10.9. The van der Waals surface area contributed by atoms with Gasteiger partial charge in [0.05, 0.1) is 18.2 Å². The lowest BCUT2D eigenvalue weighted by molar-refractivity contribution is -0.141. The number of hydrogen-bond acceptors (Lipinski definition) is 4. The molecule has 146 valence electrons. The third-order valence-corrected chi connectivity index (χ3v) is 4.68. The highest BCUT2D eigenvalue weighted by molar-refractivity contribution is 7.59. The first kappa shape index (κ1) is 21.0. The molecule has 1 heterocycles. The van der Waals surface area contributed by atoms with Crippen molar-refractivity contribution in [3.63, 3.8) is 0 Å². The van der Waals surface area contributed by atoms with Gasteiger partial charge in [-0.05, 0) is 42.7 Å². The Labute approximate surface area is 167 Å². The van der Waals surface area contributed by atoms with Crippen LogP contribution in [0.3, 0.4) is 0 Å². The van der Waals surface area contributed by atoms with Gasteiger partial charge in [-0.25, -0.2) is 0 Å². The van der Waals surface area contributed by atoms with Gasteiger partial charge in [0.15, 0.2) is 0 Å². The first-order chi connectivity index (χ1) is 12.6. The summed E-state index contributed by atoms with van der Waals surface area (Å²) in [6.07, 6.45) is 1.60. The van der Waals surface area contributed by atoms with E-state index in [-0.39, 0.29) is 19.4 Å². The summed E-state index contributed by atoms with van der Waals surface area (Å²) >= 11 is 0. The molecule has 1 atom stereocenters. The average molecular weight is 389 g/mol. The summed E-state index contributed by atoms with van der Waals surface area (Å²) in [5.41, 5.74) is 3.30. The Bertz CT molecular complexity index is 736. The van der Waals surface area contributed by atoms with E-state index in [2.05, 4.69) is 16.3 Å². The van der Waals surface area contributed by atoms with Gasteiger partial charge in [-0.2, -0.15) is 13.5 Å². The van der Waals surface area contributed by atoms with E-state index in [4.69, 9.17) is 9.84 Å². The number of fused-ring (bicyclic) bond motifs is 1. The third kappa shape index (κ3) is 5.82. The minimum absolute atomic E-state index is 0. The van der Waals surface area contributed by atoms with Crippen LogP contribution in [0.2, 0.25) is 0 Å². The van der Waals surface area contributed by atoms with Gasteiger partial charge in [0.2, 0.25) is 0 Å². The van der Waals surface area contributed by atoms with Crippen LogP contribution in [0.25, 0.3) is 0 Å². The zero-order chi connectivity index (χ0) is 18.4. The Morgan fingerprint density at radius 2 is 1.96 bits per heavy atom. The number of carboxylic acids is 1. The topological polar surface area (TPSA) is 61.8 Å². The van der Waals surface area contributed by atoms with Gasteiger partial charge in [-0.15, -0.1) is 0 Å². The molecule has 27 heavy (non-hydrogen) atoms. The van der Waals surface area contributed by atoms with Gasteiger partial charge in [0.1, 0.15) is 12.4 Å². The lowest BCUT2D eigenvalue weighted by Crippen LogP contribution is -2.34. The largest absolute Gasteiger partial charge is 0.490 e. The minimum Gasteiger partial charge on any atom is -0.490 e. The fourth-order valence-corrected chi connectivity index (χ4v) is 3.16. The van der Waals surface area contributed by atoms with Crippen molar-refractivity contribution in [2.45, 2.75) is 19.8 Å². The van der Waals surface area contributed by atoms with Gasteiger partial charge in [-0.3, -0.25) is 4.79 Å². The van der Waals surface area contributed by atoms with E-state index in [1.807, 2.05) is 42.5 Å². The van der Waals surface area contributed by atoms with Gasteiger partial charge < -0.3 is 20.1 Å². The van der Waals surface area contributed by atoms with Crippen LogP contribution >= 0.6 is 13.5 Å². The zero-order valence-electron chi connectivity index (χ0n) is 15.6.